The van der Waals surface area contributed by atoms with Crippen molar-refractivity contribution in [2.75, 3.05) is 36.9 Å². The molecule has 0 unspecified atom stereocenters. The molecule has 10 heteroatoms. The van der Waals surface area contributed by atoms with Crippen molar-refractivity contribution >= 4 is 40.7 Å². The molecular weight excluding hydrogens is 439 g/mol. The fraction of sp³-hybridized carbons (Fsp3) is 0.286. The van der Waals surface area contributed by atoms with Crippen LogP contribution >= 0.6 is 23.2 Å². The lowest BCUT2D eigenvalue weighted by molar-refractivity contribution is 0.291. The predicted octanol–water partition coefficient (Wildman–Crippen LogP) is 3.71. The zero-order chi connectivity index (χ0) is 22.5. The Kier molecular flexibility index (Phi) is 11.0. The second-order valence-corrected chi connectivity index (χ2v) is 7.16. The molecule has 0 aliphatic heterocycles. The van der Waals surface area contributed by atoms with Gasteiger partial charge >= 0.3 is 0 Å². The number of nitrogens with one attached hydrogen (secondary N) is 2. The van der Waals surface area contributed by atoms with Crippen molar-refractivity contribution in [1.29, 1.82) is 0 Å². The van der Waals surface area contributed by atoms with Gasteiger partial charge in [-0.1, -0.05) is 23.2 Å². The van der Waals surface area contributed by atoms with Gasteiger partial charge in [0.2, 0.25) is 5.95 Å². The maximum Gasteiger partial charge on any atom is 0.227 e. The number of pyridine rings is 1. The molecule has 6 N–H and O–H groups in total. The molecule has 0 aliphatic carbocycles. The van der Waals surface area contributed by atoms with Crippen LogP contribution in [0.25, 0.3) is 11.3 Å². The Labute approximate surface area is 191 Å². The molecule has 0 fully saturated rings. The van der Waals surface area contributed by atoms with E-state index in [1.54, 1.807) is 30.6 Å². The molecule has 166 valence electrons. The maximum absolute atomic E-state index is 8.86. The highest BCUT2D eigenvalue weighted by molar-refractivity contribution is 6.35. The van der Waals surface area contributed by atoms with E-state index in [-0.39, 0.29) is 13.2 Å². The molecule has 3 aromatic rings. The number of hydrogen-bond acceptors (Lipinski definition) is 8. The molecular formula is C21H26Cl2N6O2. The molecule has 0 radical (unpaired) electrons. The smallest absolute Gasteiger partial charge is 0.227 e. The molecule has 0 aliphatic rings. The molecule has 3 rings (SSSR count). The van der Waals surface area contributed by atoms with Crippen molar-refractivity contribution in [2.45, 2.75) is 12.8 Å². The van der Waals surface area contributed by atoms with E-state index in [4.69, 9.17) is 39.1 Å². The van der Waals surface area contributed by atoms with Gasteiger partial charge in [0.25, 0.3) is 0 Å². The fourth-order valence-electron chi connectivity index (χ4n) is 2.37. The SMILES string of the molecule is NCCCO.OCCCNc1cc(-c2ccnc(Nc3cc(Cl)ccc3Cl)n2)ccn1. The first-order valence-corrected chi connectivity index (χ1v) is 10.5. The second-order valence-electron chi connectivity index (χ2n) is 6.31. The van der Waals surface area contributed by atoms with E-state index in [1.807, 2.05) is 18.2 Å². The standard InChI is InChI=1S/C18H17Cl2N5O.C3H9NO/c19-13-2-3-14(20)16(11-13)25-18-23-8-5-15(24-18)12-4-7-22-17(10-12)21-6-1-9-26;4-2-1-3-5/h2-5,7-8,10-11,26H,1,6,9H2,(H,21,22)(H,23,24,25);5H,1-4H2. The second kappa shape index (κ2) is 13.7. The van der Waals surface area contributed by atoms with Gasteiger partial charge in [0.05, 0.1) is 16.4 Å². The molecule has 2 heterocycles. The molecule has 0 atom stereocenters. The average molecular weight is 465 g/mol. The number of rotatable bonds is 9. The van der Waals surface area contributed by atoms with Gasteiger partial charge in [0.1, 0.15) is 5.82 Å². The van der Waals surface area contributed by atoms with Crippen molar-refractivity contribution in [3.8, 4) is 11.3 Å². The van der Waals surface area contributed by atoms with Crippen LogP contribution in [-0.2, 0) is 0 Å². The lowest BCUT2D eigenvalue weighted by Gasteiger charge is -2.09. The van der Waals surface area contributed by atoms with Gasteiger partial charge in [-0.15, -0.1) is 0 Å². The van der Waals surface area contributed by atoms with Crippen molar-refractivity contribution in [3.63, 3.8) is 0 Å². The largest absolute Gasteiger partial charge is 0.396 e. The van der Waals surface area contributed by atoms with Gasteiger partial charge in [-0.2, -0.15) is 0 Å². The van der Waals surface area contributed by atoms with Crippen LogP contribution in [0.1, 0.15) is 12.8 Å². The Hall–Kier alpha value is -2.49. The van der Waals surface area contributed by atoms with Gasteiger partial charge in [-0.25, -0.2) is 15.0 Å². The number of aliphatic hydroxyl groups is 2. The molecule has 1 aromatic carbocycles. The number of anilines is 3. The normalized spacial score (nSPS) is 10.2. The van der Waals surface area contributed by atoms with Crippen molar-refractivity contribution in [2.24, 2.45) is 5.73 Å². The highest BCUT2D eigenvalue weighted by Crippen LogP contribution is 2.28. The van der Waals surface area contributed by atoms with Crippen LogP contribution in [0.4, 0.5) is 17.5 Å². The summed E-state index contributed by atoms with van der Waals surface area (Å²) in [5.41, 5.74) is 7.26. The minimum absolute atomic E-state index is 0.139. The molecule has 8 nitrogen and oxygen atoms in total. The van der Waals surface area contributed by atoms with Crippen molar-refractivity contribution in [3.05, 3.63) is 58.8 Å². The summed E-state index contributed by atoms with van der Waals surface area (Å²) in [6, 6.07) is 10.7. The lowest BCUT2D eigenvalue weighted by atomic mass is 10.2. The zero-order valence-electron chi connectivity index (χ0n) is 16.9. The summed E-state index contributed by atoms with van der Waals surface area (Å²) in [7, 11) is 0. The number of hydrogen-bond donors (Lipinski definition) is 5. The van der Waals surface area contributed by atoms with Gasteiger partial charge in [-0.05, 0) is 55.8 Å². The summed E-state index contributed by atoms with van der Waals surface area (Å²) in [5.74, 6) is 1.14. The van der Waals surface area contributed by atoms with Gasteiger partial charge in [0, 0.05) is 42.7 Å². The van der Waals surface area contributed by atoms with E-state index >= 15 is 0 Å². The van der Waals surface area contributed by atoms with Crippen LogP contribution in [0.2, 0.25) is 10.0 Å². The first-order chi connectivity index (χ1) is 15.1. The van der Waals surface area contributed by atoms with Crippen molar-refractivity contribution in [1.82, 2.24) is 15.0 Å². The first kappa shape index (κ1) is 24.8. The van der Waals surface area contributed by atoms with Gasteiger partial charge < -0.3 is 26.6 Å². The maximum atomic E-state index is 8.86. The number of aromatic nitrogens is 3. The molecule has 31 heavy (non-hydrogen) atoms. The van der Waals surface area contributed by atoms with Crippen LogP contribution in [0.3, 0.4) is 0 Å². The van der Waals surface area contributed by atoms with E-state index in [0.29, 0.717) is 41.2 Å². The van der Waals surface area contributed by atoms with Crippen LogP contribution < -0.4 is 16.4 Å². The number of halogens is 2. The highest BCUT2D eigenvalue weighted by Gasteiger charge is 2.07. The monoisotopic (exact) mass is 464 g/mol. The quantitative estimate of drug-likeness (QED) is 0.303. The number of benzene rings is 1. The molecule has 0 amide bonds. The summed E-state index contributed by atoms with van der Waals surface area (Å²) >= 11 is 12.2. The first-order valence-electron chi connectivity index (χ1n) is 9.74. The van der Waals surface area contributed by atoms with Crippen LogP contribution in [0, 0.1) is 0 Å². The highest BCUT2D eigenvalue weighted by atomic mass is 35.5. The predicted molar refractivity (Wildman–Crippen MR) is 126 cm³/mol. The number of aliphatic hydroxyl groups excluding tert-OH is 2. The third kappa shape index (κ3) is 8.64. The lowest BCUT2D eigenvalue weighted by Crippen LogP contribution is -2.05. The Morgan fingerprint density at radius 3 is 2.42 bits per heavy atom. The van der Waals surface area contributed by atoms with E-state index in [2.05, 4.69) is 25.6 Å². The van der Waals surface area contributed by atoms with Crippen LogP contribution in [-0.4, -0.2) is 51.5 Å². The van der Waals surface area contributed by atoms with E-state index < -0.39 is 0 Å². The molecule has 0 saturated heterocycles. The molecule has 0 spiro atoms. The Bertz CT molecular complexity index is 943. The summed E-state index contributed by atoms with van der Waals surface area (Å²) in [5, 5.41) is 24.2. The topological polar surface area (TPSA) is 129 Å². The van der Waals surface area contributed by atoms with E-state index in [1.165, 1.54) is 0 Å². The summed E-state index contributed by atoms with van der Waals surface area (Å²) < 4.78 is 0. The summed E-state index contributed by atoms with van der Waals surface area (Å²) in [6.45, 7) is 1.60. The third-order valence-corrected chi connectivity index (χ3v) is 4.45. The minimum Gasteiger partial charge on any atom is -0.396 e. The average Bonchev–Trinajstić information content (AvgIpc) is 2.78. The fourth-order valence-corrected chi connectivity index (χ4v) is 2.70. The summed E-state index contributed by atoms with van der Waals surface area (Å²) in [6.07, 6.45) is 4.76. The Morgan fingerprint density at radius 1 is 0.935 bits per heavy atom. The Balaban J connectivity index is 0.000000614. The van der Waals surface area contributed by atoms with E-state index in [0.717, 1.165) is 23.5 Å². The zero-order valence-corrected chi connectivity index (χ0v) is 18.4. The van der Waals surface area contributed by atoms with Gasteiger partial charge in [-0.3, -0.25) is 0 Å². The van der Waals surface area contributed by atoms with E-state index in [9.17, 15) is 0 Å². The van der Waals surface area contributed by atoms with Gasteiger partial charge in [0.15, 0.2) is 0 Å². The van der Waals surface area contributed by atoms with Crippen LogP contribution in [0.5, 0.6) is 0 Å². The Morgan fingerprint density at radius 2 is 1.71 bits per heavy atom. The number of nitrogens with zero attached hydrogens (tertiary/aromatic N) is 3. The summed E-state index contributed by atoms with van der Waals surface area (Å²) in [4.78, 5) is 13.0. The molecule has 0 bridgehead atoms. The van der Waals surface area contributed by atoms with Crippen LogP contribution in [0.15, 0.2) is 48.8 Å². The number of nitrogens with two attached hydrogens (primary N) is 1. The van der Waals surface area contributed by atoms with Crippen molar-refractivity contribution < 1.29 is 10.2 Å². The third-order valence-electron chi connectivity index (χ3n) is 3.89. The molecule has 0 saturated carbocycles. The minimum atomic E-state index is 0.139. The molecule has 2 aromatic heterocycles.